The molecule has 2 aromatic carbocycles. The number of nitrogens with zero attached hydrogens (tertiary/aromatic N) is 2. The minimum Gasteiger partial charge on any atom is -0.495 e. The Balaban J connectivity index is 1.97. The van der Waals surface area contributed by atoms with Crippen molar-refractivity contribution in [2.45, 2.75) is 4.90 Å². The molecule has 0 aliphatic carbocycles. The SMILES string of the molecule is COc1ccc(NC(=O)c2n[nH]c3ccccc23)cc1S(=O)(=O)N(C)C. The maximum atomic E-state index is 12.6. The van der Waals surface area contributed by atoms with Crippen molar-refractivity contribution >= 4 is 32.5 Å². The Morgan fingerprint density at radius 1 is 1.19 bits per heavy atom. The molecule has 1 amide bonds. The second kappa shape index (κ2) is 6.77. The Bertz CT molecular complexity index is 1070. The number of nitrogens with one attached hydrogen (secondary N) is 2. The van der Waals surface area contributed by atoms with Gasteiger partial charge in [-0.25, -0.2) is 12.7 Å². The fourth-order valence-corrected chi connectivity index (χ4v) is 3.55. The van der Waals surface area contributed by atoms with Crippen molar-refractivity contribution in [3.05, 3.63) is 48.2 Å². The van der Waals surface area contributed by atoms with Crippen LogP contribution in [-0.2, 0) is 10.0 Å². The first kappa shape index (κ1) is 17.9. The first-order chi connectivity index (χ1) is 12.3. The molecule has 26 heavy (non-hydrogen) atoms. The van der Waals surface area contributed by atoms with Gasteiger partial charge in [-0.05, 0) is 24.3 Å². The number of methoxy groups -OCH3 is 1. The van der Waals surface area contributed by atoms with Gasteiger partial charge >= 0.3 is 0 Å². The first-order valence-electron chi connectivity index (χ1n) is 7.69. The molecule has 0 aliphatic rings. The predicted octanol–water partition coefficient (Wildman–Crippen LogP) is 2.07. The summed E-state index contributed by atoms with van der Waals surface area (Å²) >= 11 is 0. The van der Waals surface area contributed by atoms with Crippen molar-refractivity contribution < 1.29 is 17.9 Å². The lowest BCUT2D eigenvalue weighted by Crippen LogP contribution is -2.23. The van der Waals surface area contributed by atoms with E-state index in [1.165, 1.54) is 33.3 Å². The third-order valence-corrected chi connectivity index (χ3v) is 5.70. The van der Waals surface area contributed by atoms with Crippen molar-refractivity contribution in [1.82, 2.24) is 14.5 Å². The van der Waals surface area contributed by atoms with Crippen LogP contribution in [0.3, 0.4) is 0 Å². The minimum atomic E-state index is -3.73. The molecule has 8 nitrogen and oxygen atoms in total. The fourth-order valence-electron chi connectivity index (χ4n) is 2.48. The van der Waals surface area contributed by atoms with Gasteiger partial charge in [-0.1, -0.05) is 18.2 Å². The highest BCUT2D eigenvalue weighted by Gasteiger charge is 2.23. The smallest absolute Gasteiger partial charge is 0.276 e. The number of aromatic amines is 1. The van der Waals surface area contributed by atoms with Gasteiger partial charge in [0.05, 0.1) is 12.6 Å². The number of ether oxygens (including phenoxy) is 1. The average molecular weight is 374 g/mol. The second-order valence-corrected chi connectivity index (χ2v) is 7.85. The molecule has 0 spiro atoms. The van der Waals surface area contributed by atoms with Gasteiger partial charge in [0.25, 0.3) is 5.91 Å². The van der Waals surface area contributed by atoms with E-state index >= 15 is 0 Å². The lowest BCUT2D eigenvalue weighted by molar-refractivity contribution is 0.102. The molecular formula is C17H18N4O4S. The zero-order valence-electron chi connectivity index (χ0n) is 14.5. The summed E-state index contributed by atoms with van der Waals surface area (Å²) in [4.78, 5) is 12.5. The number of benzene rings is 2. The first-order valence-corrected chi connectivity index (χ1v) is 9.13. The highest BCUT2D eigenvalue weighted by Crippen LogP contribution is 2.29. The Morgan fingerprint density at radius 3 is 2.62 bits per heavy atom. The number of fused-ring (bicyclic) bond motifs is 1. The van der Waals surface area contributed by atoms with Crippen LogP contribution in [0.25, 0.3) is 10.9 Å². The van der Waals surface area contributed by atoms with E-state index in [1.807, 2.05) is 18.2 Å². The van der Waals surface area contributed by atoms with Gasteiger partial charge in [-0.2, -0.15) is 5.10 Å². The molecule has 0 bridgehead atoms. The second-order valence-electron chi connectivity index (χ2n) is 5.72. The summed E-state index contributed by atoms with van der Waals surface area (Å²) in [6.45, 7) is 0. The summed E-state index contributed by atoms with van der Waals surface area (Å²) in [7, 11) is 0.509. The zero-order chi connectivity index (χ0) is 18.9. The maximum Gasteiger partial charge on any atom is 0.276 e. The third kappa shape index (κ3) is 3.14. The average Bonchev–Trinajstić information content (AvgIpc) is 3.05. The number of amides is 1. The lowest BCUT2D eigenvalue weighted by Gasteiger charge is -2.15. The highest BCUT2D eigenvalue weighted by molar-refractivity contribution is 7.89. The molecule has 0 unspecified atom stereocenters. The number of anilines is 1. The number of para-hydroxylation sites is 1. The van der Waals surface area contributed by atoms with Gasteiger partial charge in [0, 0.05) is 25.2 Å². The molecule has 136 valence electrons. The molecule has 3 rings (SSSR count). The number of H-pyrrole nitrogens is 1. The van der Waals surface area contributed by atoms with Gasteiger partial charge in [-0.3, -0.25) is 9.89 Å². The molecule has 1 heterocycles. The van der Waals surface area contributed by atoms with Crippen LogP contribution in [0.2, 0.25) is 0 Å². The van der Waals surface area contributed by atoms with E-state index in [9.17, 15) is 13.2 Å². The van der Waals surface area contributed by atoms with Crippen molar-refractivity contribution in [2.75, 3.05) is 26.5 Å². The van der Waals surface area contributed by atoms with Crippen LogP contribution in [0.4, 0.5) is 5.69 Å². The van der Waals surface area contributed by atoms with Gasteiger partial charge < -0.3 is 10.1 Å². The van der Waals surface area contributed by atoms with E-state index in [4.69, 9.17) is 4.74 Å². The van der Waals surface area contributed by atoms with E-state index in [2.05, 4.69) is 15.5 Å². The van der Waals surface area contributed by atoms with Gasteiger partial charge in [0.15, 0.2) is 5.69 Å². The zero-order valence-corrected chi connectivity index (χ0v) is 15.3. The summed E-state index contributed by atoms with van der Waals surface area (Å²) in [5.41, 5.74) is 1.29. The Hall–Kier alpha value is -2.91. The molecule has 1 aromatic heterocycles. The summed E-state index contributed by atoms with van der Waals surface area (Å²) in [5.74, 6) is -0.247. The van der Waals surface area contributed by atoms with Crippen LogP contribution >= 0.6 is 0 Å². The quantitative estimate of drug-likeness (QED) is 0.711. The molecule has 0 saturated heterocycles. The summed E-state index contributed by atoms with van der Waals surface area (Å²) in [5, 5.41) is 10.2. The Labute approximate surface area is 150 Å². The number of carbonyl (C=O) groups excluding carboxylic acids is 1. The molecular weight excluding hydrogens is 356 g/mol. The van der Waals surface area contributed by atoms with Gasteiger partial charge in [0.2, 0.25) is 10.0 Å². The third-order valence-electron chi connectivity index (χ3n) is 3.87. The van der Waals surface area contributed by atoms with E-state index in [0.29, 0.717) is 11.1 Å². The van der Waals surface area contributed by atoms with E-state index in [0.717, 1.165) is 9.82 Å². The fraction of sp³-hybridized carbons (Fsp3) is 0.176. The Kier molecular flexibility index (Phi) is 4.66. The van der Waals surface area contributed by atoms with Crippen LogP contribution < -0.4 is 10.1 Å². The molecule has 0 atom stereocenters. The topological polar surface area (TPSA) is 104 Å². The number of hydrogen-bond donors (Lipinski definition) is 2. The van der Waals surface area contributed by atoms with E-state index in [1.54, 1.807) is 12.1 Å². The van der Waals surface area contributed by atoms with Crippen LogP contribution in [0.15, 0.2) is 47.4 Å². The summed E-state index contributed by atoms with van der Waals surface area (Å²) in [6, 6.07) is 11.7. The molecule has 0 fully saturated rings. The normalized spacial score (nSPS) is 11.7. The lowest BCUT2D eigenvalue weighted by atomic mass is 10.2. The predicted molar refractivity (Wildman–Crippen MR) is 97.9 cm³/mol. The standard InChI is InChI=1S/C17H18N4O4S/c1-21(2)26(23,24)15-10-11(8-9-14(15)25-3)18-17(22)16-12-6-4-5-7-13(12)19-20-16/h4-10H,1-3H3,(H,18,22)(H,19,20). The maximum absolute atomic E-state index is 12.6. The number of hydrogen-bond acceptors (Lipinski definition) is 5. The Morgan fingerprint density at radius 2 is 1.92 bits per heavy atom. The summed E-state index contributed by atoms with van der Waals surface area (Å²) < 4.78 is 31.2. The minimum absolute atomic E-state index is 0.0327. The van der Waals surface area contributed by atoms with Crippen LogP contribution in [0, 0.1) is 0 Å². The molecule has 0 aliphatic heterocycles. The molecule has 0 saturated carbocycles. The van der Waals surface area contributed by atoms with E-state index in [-0.39, 0.29) is 16.3 Å². The van der Waals surface area contributed by atoms with Crippen molar-refractivity contribution in [2.24, 2.45) is 0 Å². The largest absolute Gasteiger partial charge is 0.495 e. The highest BCUT2D eigenvalue weighted by atomic mass is 32.2. The molecule has 0 radical (unpaired) electrons. The number of rotatable bonds is 5. The monoisotopic (exact) mass is 374 g/mol. The number of aromatic nitrogens is 2. The molecule has 3 aromatic rings. The number of carbonyl (C=O) groups is 1. The number of sulfonamides is 1. The van der Waals surface area contributed by atoms with Crippen LogP contribution in [0.5, 0.6) is 5.75 Å². The van der Waals surface area contributed by atoms with Gasteiger partial charge in [0.1, 0.15) is 10.6 Å². The van der Waals surface area contributed by atoms with Crippen LogP contribution in [-0.4, -0.2) is 50.0 Å². The van der Waals surface area contributed by atoms with Gasteiger partial charge in [-0.15, -0.1) is 0 Å². The van der Waals surface area contributed by atoms with Crippen molar-refractivity contribution in [3.8, 4) is 5.75 Å². The van der Waals surface area contributed by atoms with Crippen LogP contribution in [0.1, 0.15) is 10.5 Å². The van der Waals surface area contributed by atoms with E-state index < -0.39 is 15.9 Å². The van der Waals surface area contributed by atoms with Crippen molar-refractivity contribution in [1.29, 1.82) is 0 Å². The van der Waals surface area contributed by atoms with Crippen molar-refractivity contribution in [3.63, 3.8) is 0 Å². The summed E-state index contributed by atoms with van der Waals surface area (Å²) in [6.07, 6.45) is 0. The molecule has 2 N–H and O–H groups in total. The molecule has 9 heteroatoms.